The lowest BCUT2D eigenvalue weighted by molar-refractivity contribution is 0.112. The number of aldehydes is 1. The maximum Gasteiger partial charge on any atom is 0.175 e. The molecule has 8 heteroatoms. The van der Waals surface area contributed by atoms with Gasteiger partial charge in [0.1, 0.15) is 6.29 Å². The molecule has 2 N–H and O–H groups in total. The second-order valence-electron chi connectivity index (χ2n) is 6.56. The van der Waals surface area contributed by atoms with Crippen LogP contribution in [0, 0.1) is 0 Å². The third-order valence-electron chi connectivity index (χ3n) is 4.21. The normalized spacial score (nSPS) is 10.6. The number of halogens is 3. The molecule has 0 aliphatic heterocycles. The minimum absolute atomic E-state index is 0.130. The van der Waals surface area contributed by atoms with Crippen molar-refractivity contribution >= 4 is 61.1 Å². The molecule has 0 spiro atoms. The van der Waals surface area contributed by atoms with Crippen LogP contribution in [0.5, 0.6) is 0 Å². The molecule has 5 nitrogen and oxygen atoms in total. The van der Waals surface area contributed by atoms with Crippen molar-refractivity contribution < 1.29 is 15.2 Å². The number of rotatable bonds is 6. The highest BCUT2D eigenvalue weighted by molar-refractivity contribution is 9.08. The molecular weight excluding hydrogens is 572 g/mol. The van der Waals surface area contributed by atoms with Crippen molar-refractivity contribution in [2.45, 2.75) is 24.0 Å². The van der Waals surface area contributed by atoms with Crippen LogP contribution >= 0.6 is 43.5 Å². The Kier molecular flexibility index (Phi) is 14.8. The number of carbonyl (C=O) groups is 1. The number of benzene rings is 3. The van der Waals surface area contributed by atoms with Crippen LogP contribution < -0.4 is 0 Å². The standard InChI is InChI=1S/C9H10ClNO.C8H8BrNO.C8H7BrO/c1-2-7-4-3-5-8(6-7)9(10)11-12;9-5-7-2-1-3-8(4-7)6-10-11;9-5-7-2-1-3-8(4-7)6-10/h3-6,12H,2H2,1H3;1-4,6,11H,5H2;1-4,6H,5H2/b11-9-;10-6+;. The maximum atomic E-state index is 10.3. The van der Waals surface area contributed by atoms with E-state index in [9.17, 15) is 4.79 Å². The van der Waals surface area contributed by atoms with E-state index in [0.29, 0.717) is 0 Å². The van der Waals surface area contributed by atoms with Gasteiger partial charge in [0, 0.05) is 21.8 Å². The highest BCUT2D eigenvalue weighted by atomic mass is 79.9. The molecule has 0 aliphatic rings. The molecular formula is C25H25Br2ClN2O3. The van der Waals surface area contributed by atoms with Gasteiger partial charge in [-0.25, -0.2) is 0 Å². The van der Waals surface area contributed by atoms with Gasteiger partial charge in [-0.1, -0.05) is 115 Å². The van der Waals surface area contributed by atoms with E-state index < -0.39 is 0 Å². The average Bonchev–Trinajstić information content (AvgIpc) is 2.89. The number of alkyl halides is 2. The average molecular weight is 597 g/mol. The summed E-state index contributed by atoms with van der Waals surface area (Å²) in [5.41, 5.74) is 5.86. The molecule has 0 amide bonds. The molecule has 33 heavy (non-hydrogen) atoms. The Morgan fingerprint density at radius 2 is 1.42 bits per heavy atom. The van der Waals surface area contributed by atoms with Crippen molar-refractivity contribution in [3.63, 3.8) is 0 Å². The zero-order chi connectivity index (χ0) is 24.5. The summed E-state index contributed by atoms with van der Waals surface area (Å²) in [6.07, 6.45) is 3.21. The van der Waals surface area contributed by atoms with Gasteiger partial charge in [0.2, 0.25) is 0 Å². The molecule has 0 aromatic heterocycles. The first-order chi connectivity index (χ1) is 16.0. The van der Waals surface area contributed by atoms with E-state index >= 15 is 0 Å². The van der Waals surface area contributed by atoms with Crippen molar-refractivity contribution in [1.29, 1.82) is 0 Å². The van der Waals surface area contributed by atoms with Gasteiger partial charge in [-0.3, -0.25) is 4.79 Å². The first kappa shape index (κ1) is 28.6. The van der Waals surface area contributed by atoms with Gasteiger partial charge in [0.15, 0.2) is 5.17 Å². The number of aryl methyl sites for hydroxylation is 1. The first-order valence-corrected chi connectivity index (χ1v) is 12.5. The smallest absolute Gasteiger partial charge is 0.175 e. The molecule has 0 aliphatic carbocycles. The minimum atomic E-state index is 0.130. The summed E-state index contributed by atoms with van der Waals surface area (Å²) < 4.78 is 0. The van der Waals surface area contributed by atoms with Gasteiger partial charge in [-0.15, -0.1) is 0 Å². The Bertz CT molecular complexity index is 1060. The van der Waals surface area contributed by atoms with Gasteiger partial charge in [0.05, 0.1) is 6.21 Å². The lowest BCUT2D eigenvalue weighted by atomic mass is 10.1. The van der Waals surface area contributed by atoms with E-state index in [1.54, 1.807) is 12.1 Å². The number of carbonyl (C=O) groups excluding carboxylic acids is 1. The van der Waals surface area contributed by atoms with Crippen LogP contribution in [0.1, 0.15) is 45.1 Å². The van der Waals surface area contributed by atoms with Crippen LogP contribution in [0.2, 0.25) is 0 Å². The largest absolute Gasteiger partial charge is 0.411 e. The second-order valence-corrected chi connectivity index (χ2v) is 8.04. The summed E-state index contributed by atoms with van der Waals surface area (Å²) in [7, 11) is 0. The zero-order valence-corrected chi connectivity index (χ0v) is 22.0. The van der Waals surface area contributed by atoms with Gasteiger partial charge in [-0.2, -0.15) is 0 Å². The molecule has 0 atom stereocenters. The van der Waals surface area contributed by atoms with Crippen LogP contribution in [-0.4, -0.2) is 28.1 Å². The zero-order valence-electron chi connectivity index (χ0n) is 18.0. The SMILES string of the molecule is CCc1cccc(/C(Cl)=N/O)c1.O/N=C/c1cccc(CBr)c1.O=Cc1cccc(CBr)c1. The van der Waals surface area contributed by atoms with Crippen molar-refractivity contribution in [3.05, 3.63) is 106 Å². The molecule has 0 unspecified atom stereocenters. The van der Waals surface area contributed by atoms with Crippen molar-refractivity contribution in [2.75, 3.05) is 0 Å². The minimum Gasteiger partial charge on any atom is -0.411 e. The molecule has 0 heterocycles. The van der Waals surface area contributed by atoms with E-state index in [0.717, 1.165) is 45.6 Å². The van der Waals surface area contributed by atoms with Gasteiger partial charge >= 0.3 is 0 Å². The topological polar surface area (TPSA) is 82.2 Å². The monoisotopic (exact) mass is 594 g/mol. The second kappa shape index (κ2) is 17.1. The summed E-state index contributed by atoms with van der Waals surface area (Å²) in [5.74, 6) is 0. The number of hydrogen-bond donors (Lipinski definition) is 2. The Balaban J connectivity index is 0.000000249. The summed E-state index contributed by atoms with van der Waals surface area (Å²) in [4.78, 5) is 10.3. The maximum absolute atomic E-state index is 10.3. The molecule has 0 saturated heterocycles. The third-order valence-corrected chi connectivity index (χ3v) is 5.80. The number of hydrogen-bond acceptors (Lipinski definition) is 5. The lowest BCUT2D eigenvalue weighted by Gasteiger charge is -1.99. The fourth-order valence-corrected chi connectivity index (χ4v) is 3.37. The van der Waals surface area contributed by atoms with Crippen LogP contribution in [0.15, 0.2) is 83.1 Å². The molecule has 0 saturated carbocycles. The number of nitrogens with zero attached hydrogens (tertiary/aromatic N) is 2. The predicted octanol–water partition coefficient (Wildman–Crippen LogP) is 7.41. The predicted molar refractivity (Wildman–Crippen MR) is 143 cm³/mol. The number of oxime groups is 2. The Morgan fingerprint density at radius 3 is 1.94 bits per heavy atom. The fourth-order valence-electron chi connectivity index (χ4n) is 2.55. The van der Waals surface area contributed by atoms with E-state index in [2.05, 4.69) is 49.1 Å². The fraction of sp³-hybridized carbons (Fsp3) is 0.160. The Hall–Kier alpha value is -2.48. The van der Waals surface area contributed by atoms with E-state index in [-0.39, 0.29) is 5.17 Å². The van der Waals surface area contributed by atoms with Crippen LogP contribution in [0.3, 0.4) is 0 Å². The van der Waals surface area contributed by atoms with E-state index in [1.165, 1.54) is 17.3 Å². The van der Waals surface area contributed by atoms with Crippen molar-refractivity contribution in [3.8, 4) is 0 Å². The van der Waals surface area contributed by atoms with Crippen LogP contribution in [-0.2, 0) is 17.1 Å². The molecule has 0 fully saturated rings. The Labute approximate surface area is 216 Å². The highest BCUT2D eigenvalue weighted by Gasteiger charge is 1.99. The molecule has 3 aromatic carbocycles. The highest BCUT2D eigenvalue weighted by Crippen LogP contribution is 2.09. The molecule has 0 bridgehead atoms. The third kappa shape index (κ3) is 11.3. The summed E-state index contributed by atoms with van der Waals surface area (Å²) in [6, 6.07) is 22.9. The van der Waals surface area contributed by atoms with Gasteiger partial charge < -0.3 is 10.4 Å². The van der Waals surface area contributed by atoms with Crippen molar-refractivity contribution in [2.24, 2.45) is 10.3 Å². The quantitative estimate of drug-likeness (QED) is 0.102. The van der Waals surface area contributed by atoms with Crippen molar-refractivity contribution in [1.82, 2.24) is 0 Å². The first-order valence-electron chi connectivity index (χ1n) is 9.90. The van der Waals surface area contributed by atoms with E-state index in [1.807, 2.05) is 60.7 Å². The molecule has 0 radical (unpaired) electrons. The van der Waals surface area contributed by atoms with E-state index in [4.69, 9.17) is 22.0 Å². The molecule has 3 aromatic rings. The van der Waals surface area contributed by atoms with Gasteiger partial charge in [0.25, 0.3) is 0 Å². The summed E-state index contributed by atoms with van der Waals surface area (Å²) >= 11 is 12.3. The van der Waals surface area contributed by atoms with Crippen LogP contribution in [0.4, 0.5) is 0 Å². The molecule has 174 valence electrons. The summed E-state index contributed by atoms with van der Waals surface area (Å²) in [6.45, 7) is 2.06. The van der Waals surface area contributed by atoms with Gasteiger partial charge in [-0.05, 0) is 46.9 Å². The lowest BCUT2D eigenvalue weighted by Crippen LogP contribution is -1.92. The Morgan fingerprint density at radius 1 is 0.879 bits per heavy atom. The van der Waals surface area contributed by atoms with Crippen LogP contribution in [0.25, 0.3) is 0 Å². The molecule has 3 rings (SSSR count). The summed E-state index contributed by atoms with van der Waals surface area (Å²) in [5, 5.41) is 24.3.